The van der Waals surface area contributed by atoms with Crippen molar-refractivity contribution in [3.63, 3.8) is 0 Å². The lowest BCUT2D eigenvalue weighted by molar-refractivity contribution is 0.0817. The molecule has 0 aromatic carbocycles. The summed E-state index contributed by atoms with van der Waals surface area (Å²) in [5, 5.41) is 4.15. The van der Waals surface area contributed by atoms with E-state index in [2.05, 4.69) is 33.7 Å². The van der Waals surface area contributed by atoms with Gasteiger partial charge < -0.3 is 10.2 Å². The highest BCUT2D eigenvalue weighted by Crippen LogP contribution is 2.14. The van der Waals surface area contributed by atoms with Gasteiger partial charge in [-0.25, -0.2) is 0 Å². The smallest absolute Gasteiger partial charge is 0.0136 e. The summed E-state index contributed by atoms with van der Waals surface area (Å²) >= 11 is 1.85. The predicted octanol–water partition coefficient (Wildman–Crippen LogP) is 1.39. The van der Waals surface area contributed by atoms with Crippen LogP contribution in [-0.2, 0) is 0 Å². The first kappa shape index (κ1) is 16.6. The van der Waals surface area contributed by atoms with E-state index in [-0.39, 0.29) is 0 Å². The lowest BCUT2D eigenvalue weighted by atomic mass is 10.0. The Morgan fingerprint density at radius 2 is 1.85 bits per heavy atom. The Labute approximate surface area is 129 Å². The third-order valence-electron chi connectivity index (χ3n) is 4.30. The minimum atomic E-state index is 0.684. The summed E-state index contributed by atoms with van der Waals surface area (Å²) < 4.78 is 3.46. The first-order valence-electron chi connectivity index (χ1n) is 8.31. The molecular weight excluding hydrogens is 268 g/mol. The van der Waals surface area contributed by atoms with Crippen molar-refractivity contribution in [1.29, 1.82) is 0 Å². The van der Waals surface area contributed by atoms with Crippen molar-refractivity contribution in [2.45, 2.75) is 44.4 Å². The van der Waals surface area contributed by atoms with Gasteiger partial charge in [0, 0.05) is 44.0 Å². The quantitative estimate of drug-likeness (QED) is 0.548. The molecule has 118 valence electrons. The maximum Gasteiger partial charge on any atom is 0.0136 e. The van der Waals surface area contributed by atoms with Gasteiger partial charge in [0.15, 0.2) is 0 Å². The topological polar surface area (TPSA) is 30.5 Å². The van der Waals surface area contributed by atoms with E-state index in [0.29, 0.717) is 5.25 Å². The van der Waals surface area contributed by atoms with Crippen LogP contribution in [0.2, 0.25) is 0 Å². The molecule has 0 radical (unpaired) electrons. The molecule has 2 aliphatic heterocycles. The zero-order chi connectivity index (χ0) is 14.2. The lowest BCUT2D eigenvalue weighted by Gasteiger charge is -2.40. The van der Waals surface area contributed by atoms with Gasteiger partial charge in [0.2, 0.25) is 0 Å². The van der Waals surface area contributed by atoms with E-state index in [1.165, 1.54) is 65.1 Å². The third kappa shape index (κ3) is 5.90. The largest absolute Gasteiger partial charge is 0.317 e. The number of piperazine rings is 1. The Balaban J connectivity index is 1.52. The standard InChI is InChI=1S/C15H32N4S/c1-14(2)20-17-6-3-9-18-10-12-19(13-11-18)15-4-7-16-8-5-15/h14-17H,3-13H2,1-2H3. The van der Waals surface area contributed by atoms with E-state index in [1.54, 1.807) is 0 Å². The van der Waals surface area contributed by atoms with Crippen molar-refractivity contribution in [1.82, 2.24) is 19.8 Å². The Morgan fingerprint density at radius 3 is 2.50 bits per heavy atom. The van der Waals surface area contributed by atoms with Crippen LogP contribution in [0.4, 0.5) is 0 Å². The molecular formula is C15H32N4S. The number of nitrogens with one attached hydrogen (secondary N) is 2. The Morgan fingerprint density at radius 1 is 1.15 bits per heavy atom. The minimum Gasteiger partial charge on any atom is -0.317 e. The molecule has 2 rings (SSSR count). The predicted molar refractivity (Wildman–Crippen MR) is 89.3 cm³/mol. The molecule has 0 aromatic heterocycles. The van der Waals surface area contributed by atoms with E-state index < -0.39 is 0 Å². The summed E-state index contributed by atoms with van der Waals surface area (Å²) in [6.07, 6.45) is 3.96. The van der Waals surface area contributed by atoms with Crippen LogP contribution in [0.1, 0.15) is 33.1 Å². The Hall–Kier alpha value is 0.190. The molecule has 0 spiro atoms. The van der Waals surface area contributed by atoms with Gasteiger partial charge in [-0.05, 0) is 38.9 Å². The van der Waals surface area contributed by atoms with Crippen LogP contribution in [0, 0.1) is 0 Å². The number of piperidine rings is 1. The van der Waals surface area contributed by atoms with Crippen LogP contribution in [0.25, 0.3) is 0 Å². The first-order valence-corrected chi connectivity index (χ1v) is 9.19. The molecule has 2 fully saturated rings. The molecule has 0 amide bonds. The maximum absolute atomic E-state index is 3.46. The summed E-state index contributed by atoms with van der Waals surface area (Å²) in [6.45, 7) is 14.4. The van der Waals surface area contributed by atoms with Gasteiger partial charge in [-0.3, -0.25) is 9.62 Å². The average molecular weight is 301 g/mol. The summed E-state index contributed by atoms with van der Waals surface area (Å²) in [4.78, 5) is 5.36. The van der Waals surface area contributed by atoms with E-state index in [4.69, 9.17) is 0 Å². The first-order chi connectivity index (χ1) is 9.75. The number of rotatable bonds is 7. The van der Waals surface area contributed by atoms with E-state index in [1.807, 2.05) is 11.9 Å². The molecule has 0 aliphatic carbocycles. The summed E-state index contributed by atoms with van der Waals surface area (Å²) in [5.41, 5.74) is 0. The van der Waals surface area contributed by atoms with Gasteiger partial charge >= 0.3 is 0 Å². The zero-order valence-electron chi connectivity index (χ0n) is 13.2. The lowest BCUT2D eigenvalue weighted by Crippen LogP contribution is -2.52. The molecule has 0 atom stereocenters. The molecule has 0 saturated carbocycles. The zero-order valence-corrected chi connectivity index (χ0v) is 14.1. The highest BCUT2D eigenvalue weighted by Gasteiger charge is 2.24. The highest BCUT2D eigenvalue weighted by atomic mass is 32.2. The van der Waals surface area contributed by atoms with Crippen molar-refractivity contribution >= 4 is 11.9 Å². The molecule has 2 saturated heterocycles. The fourth-order valence-electron chi connectivity index (χ4n) is 3.12. The van der Waals surface area contributed by atoms with Gasteiger partial charge in [0.05, 0.1) is 0 Å². The molecule has 0 unspecified atom stereocenters. The van der Waals surface area contributed by atoms with Crippen molar-refractivity contribution in [2.75, 3.05) is 52.4 Å². The number of nitrogens with zero attached hydrogens (tertiary/aromatic N) is 2. The maximum atomic E-state index is 3.46. The summed E-state index contributed by atoms with van der Waals surface area (Å²) in [7, 11) is 0. The second-order valence-corrected chi connectivity index (χ2v) is 7.74. The van der Waals surface area contributed by atoms with Gasteiger partial charge in [-0.2, -0.15) is 0 Å². The van der Waals surface area contributed by atoms with Gasteiger partial charge in [0.1, 0.15) is 0 Å². The molecule has 2 N–H and O–H groups in total. The fourth-order valence-corrected chi connectivity index (χ4v) is 3.72. The molecule has 4 nitrogen and oxygen atoms in total. The highest BCUT2D eigenvalue weighted by molar-refractivity contribution is 7.97. The van der Waals surface area contributed by atoms with Crippen molar-refractivity contribution in [3.8, 4) is 0 Å². The molecule has 5 heteroatoms. The van der Waals surface area contributed by atoms with Crippen LogP contribution in [0.15, 0.2) is 0 Å². The second-order valence-electron chi connectivity index (χ2n) is 6.27. The Kier molecular flexibility index (Phi) is 7.66. The minimum absolute atomic E-state index is 0.684. The van der Waals surface area contributed by atoms with Crippen LogP contribution >= 0.6 is 11.9 Å². The second kappa shape index (κ2) is 9.26. The van der Waals surface area contributed by atoms with E-state index >= 15 is 0 Å². The molecule has 0 aromatic rings. The van der Waals surface area contributed by atoms with Gasteiger partial charge in [-0.1, -0.05) is 25.8 Å². The normalized spacial score (nSPS) is 23.6. The van der Waals surface area contributed by atoms with E-state index in [0.717, 1.165) is 12.6 Å². The monoisotopic (exact) mass is 300 g/mol. The van der Waals surface area contributed by atoms with Crippen molar-refractivity contribution in [3.05, 3.63) is 0 Å². The summed E-state index contributed by atoms with van der Waals surface area (Å²) in [6, 6.07) is 0.850. The van der Waals surface area contributed by atoms with E-state index in [9.17, 15) is 0 Å². The fraction of sp³-hybridized carbons (Fsp3) is 1.00. The average Bonchev–Trinajstić information content (AvgIpc) is 2.48. The van der Waals surface area contributed by atoms with Crippen LogP contribution in [0.5, 0.6) is 0 Å². The molecule has 0 bridgehead atoms. The summed E-state index contributed by atoms with van der Waals surface area (Å²) in [5.74, 6) is 0. The van der Waals surface area contributed by atoms with Crippen LogP contribution in [-0.4, -0.2) is 73.4 Å². The van der Waals surface area contributed by atoms with Crippen LogP contribution in [0.3, 0.4) is 0 Å². The SMILES string of the molecule is CC(C)SNCCCN1CCN(C2CCNCC2)CC1. The third-order valence-corrected chi connectivity index (χ3v) is 5.15. The number of hydrogen-bond donors (Lipinski definition) is 2. The molecule has 20 heavy (non-hydrogen) atoms. The van der Waals surface area contributed by atoms with Gasteiger partial charge in [-0.15, -0.1) is 0 Å². The van der Waals surface area contributed by atoms with Gasteiger partial charge in [0.25, 0.3) is 0 Å². The Bertz CT molecular complexity index is 248. The number of hydrogen-bond acceptors (Lipinski definition) is 5. The molecule has 2 heterocycles. The van der Waals surface area contributed by atoms with Crippen molar-refractivity contribution in [2.24, 2.45) is 0 Å². The molecule has 2 aliphatic rings. The van der Waals surface area contributed by atoms with Crippen LogP contribution < -0.4 is 10.0 Å². The van der Waals surface area contributed by atoms with Crippen molar-refractivity contribution < 1.29 is 0 Å².